The van der Waals surface area contributed by atoms with E-state index in [1.807, 2.05) is 6.92 Å². The van der Waals surface area contributed by atoms with E-state index in [0.717, 1.165) is 12.0 Å². The van der Waals surface area contributed by atoms with Crippen molar-refractivity contribution in [3.63, 3.8) is 0 Å². The van der Waals surface area contributed by atoms with E-state index in [-0.39, 0.29) is 12.5 Å². The van der Waals surface area contributed by atoms with E-state index >= 15 is 0 Å². The number of nitrogens with one attached hydrogen (secondary N) is 1. The Morgan fingerprint density at radius 2 is 2.14 bits per heavy atom. The number of carbonyl (C=O) groups excluding carboxylic acids is 1. The van der Waals surface area contributed by atoms with Crippen LogP contribution < -0.4 is 5.32 Å². The molecule has 2 N–H and O–H groups in total. The normalized spacial score (nSPS) is 12.0. The summed E-state index contributed by atoms with van der Waals surface area (Å²) in [4.78, 5) is 16.2. The number of nitrogens with zero attached hydrogens (tertiary/aromatic N) is 1. The Balaban J connectivity index is 2.03. The average molecular weight is 305 g/mol. The maximum absolute atomic E-state index is 12.2. The number of halogens is 1. The summed E-state index contributed by atoms with van der Waals surface area (Å²) in [7, 11) is 0. The van der Waals surface area contributed by atoms with Crippen molar-refractivity contribution in [3.8, 4) is 0 Å². The molecule has 1 unspecified atom stereocenters. The summed E-state index contributed by atoms with van der Waals surface area (Å²) in [6.45, 7) is 2.07. The molecule has 0 aliphatic carbocycles. The van der Waals surface area contributed by atoms with Gasteiger partial charge in [0.25, 0.3) is 5.91 Å². The van der Waals surface area contributed by atoms with E-state index in [0.29, 0.717) is 16.1 Å². The molecule has 0 bridgehead atoms. The number of hydrogen-bond acceptors (Lipinski definition) is 3. The van der Waals surface area contributed by atoms with Crippen LogP contribution in [-0.2, 0) is 6.42 Å². The van der Waals surface area contributed by atoms with Gasteiger partial charge in [-0.1, -0.05) is 36.7 Å². The fraction of sp³-hybridized carbons (Fsp3) is 0.250. The molecule has 0 saturated heterocycles. The lowest BCUT2D eigenvalue weighted by atomic mass is 10.1. The van der Waals surface area contributed by atoms with Crippen LogP contribution in [0, 0.1) is 0 Å². The summed E-state index contributed by atoms with van der Waals surface area (Å²) >= 11 is 6.02. The highest BCUT2D eigenvalue weighted by atomic mass is 35.5. The van der Waals surface area contributed by atoms with Gasteiger partial charge in [0, 0.05) is 35.1 Å². The number of pyridine rings is 1. The van der Waals surface area contributed by atoms with Crippen molar-refractivity contribution in [1.82, 2.24) is 10.3 Å². The quantitative estimate of drug-likeness (QED) is 0.893. The predicted octanol–water partition coefficient (Wildman–Crippen LogP) is 2.76. The van der Waals surface area contributed by atoms with Crippen LogP contribution in [0.4, 0.5) is 0 Å². The minimum Gasteiger partial charge on any atom is -0.387 e. The van der Waals surface area contributed by atoms with Gasteiger partial charge in [0.2, 0.25) is 0 Å². The number of rotatable bonds is 5. The van der Waals surface area contributed by atoms with Gasteiger partial charge in [0.15, 0.2) is 0 Å². The van der Waals surface area contributed by atoms with Gasteiger partial charge < -0.3 is 10.4 Å². The molecule has 1 amide bonds. The van der Waals surface area contributed by atoms with Gasteiger partial charge in [0.05, 0.1) is 6.10 Å². The van der Waals surface area contributed by atoms with Crippen LogP contribution in [0.1, 0.15) is 34.5 Å². The maximum atomic E-state index is 12.2. The third-order valence-electron chi connectivity index (χ3n) is 3.25. The number of aromatic nitrogens is 1. The van der Waals surface area contributed by atoms with Gasteiger partial charge in [-0.3, -0.25) is 9.78 Å². The van der Waals surface area contributed by atoms with Crippen molar-refractivity contribution in [2.45, 2.75) is 19.4 Å². The van der Waals surface area contributed by atoms with Crippen LogP contribution >= 0.6 is 11.6 Å². The first-order chi connectivity index (χ1) is 10.1. The molecular formula is C16H17ClN2O2. The molecule has 0 aliphatic heterocycles. The Bertz CT molecular complexity index is 631. The van der Waals surface area contributed by atoms with Gasteiger partial charge in [0.1, 0.15) is 0 Å². The van der Waals surface area contributed by atoms with Crippen LogP contribution in [0.15, 0.2) is 42.7 Å². The summed E-state index contributed by atoms with van der Waals surface area (Å²) in [5.41, 5.74) is 2.06. The predicted molar refractivity (Wildman–Crippen MR) is 82.4 cm³/mol. The minimum atomic E-state index is -0.838. The number of hydrogen-bond donors (Lipinski definition) is 2. The molecule has 110 valence electrons. The molecule has 5 heteroatoms. The van der Waals surface area contributed by atoms with Gasteiger partial charge in [-0.15, -0.1) is 0 Å². The first-order valence-electron chi connectivity index (χ1n) is 6.77. The number of benzene rings is 1. The lowest BCUT2D eigenvalue weighted by Gasteiger charge is -2.14. The average Bonchev–Trinajstić information content (AvgIpc) is 2.52. The van der Waals surface area contributed by atoms with E-state index in [9.17, 15) is 9.90 Å². The zero-order chi connectivity index (χ0) is 15.2. The van der Waals surface area contributed by atoms with Crippen LogP contribution in [0.3, 0.4) is 0 Å². The Hall–Kier alpha value is -1.91. The number of aliphatic hydroxyl groups excluding tert-OH is 1. The Morgan fingerprint density at radius 1 is 1.38 bits per heavy atom. The molecule has 4 nitrogen and oxygen atoms in total. The lowest BCUT2D eigenvalue weighted by Crippen LogP contribution is -2.29. The largest absolute Gasteiger partial charge is 0.387 e. The minimum absolute atomic E-state index is 0.105. The first kappa shape index (κ1) is 15.5. The molecular weight excluding hydrogens is 288 g/mol. The maximum Gasteiger partial charge on any atom is 0.251 e. The van der Waals surface area contributed by atoms with Crippen LogP contribution in [0.2, 0.25) is 5.02 Å². The highest BCUT2D eigenvalue weighted by molar-refractivity contribution is 6.31. The highest BCUT2D eigenvalue weighted by Gasteiger charge is 2.14. The van der Waals surface area contributed by atoms with E-state index in [2.05, 4.69) is 10.3 Å². The highest BCUT2D eigenvalue weighted by Crippen LogP contribution is 2.22. The zero-order valence-electron chi connectivity index (χ0n) is 11.7. The van der Waals surface area contributed by atoms with E-state index in [1.54, 1.807) is 42.7 Å². The standard InChI is InChI=1S/C16H17ClN2O2/c1-2-11-9-18-8-7-12(11)16(21)19-10-15(20)13-5-3-4-6-14(13)17/h3-9,15,20H,2,10H2,1H3,(H,19,21). The summed E-state index contributed by atoms with van der Waals surface area (Å²) in [6.07, 6.45) is 3.15. The molecule has 1 atom stereocenters. The Kier molecular flexibility index (Phi) is 5.31. The lowest BCUT2D eigenvalue weighted by molar-refractivity contribution is 0.0915. The molecule has 2 aromatic rings. The third-order valence-corrected chi connectivity index (χ3v) is 3.59. The van der Waals surface area contributed by atoms with Crippen LogP contribution in [0.25, 0.3) is 0 Å². The number of aryl methyl sites for hydroxylation is 1. The topological polar surface area (TPSA) is 62.2 Å². The first-order valence-corrected chi connectivity index (χ1v) is 7.14. The van der Waals surface area contributed by atoms with Crippen molar-refractivity contribution in [3.05, 3.63) is 64.4 Å². The Labute approximate surface area is 128 Å². The number of aliphatic hydroxyl groups is 1. The number of amides is 1. The molecule has 2 rings (SSSR count). The van der Waals surface area contributed by atoms with Gasteiger partial charge in [-0.2, -0.15) is 0 Å². The summed E-state index contributed by atoms with van der Waals surface area (Å²) in [6, 6.07) is 8.71. The van der Waals surface area contributed by atoms with E-state index in [4.69, 9.17) is 11.6 Å². The molecule has 1 aromatic heterocycles. The summed E-state index contributed by atoms with van der Waals surface area (Å²) in [5, 5.41) is 13.3. The SMILES string of the molecule is CCc1cnccc1C(=O)NCC(O)c1ccccc1Cl. The molecule has 0 saturated carbocycles. The van der Waals surface area contributed by atoms with Crippen molar-refractivity contribution in [2.24, 2.45) is 0 Å². The van der Waals surface area contributed by atoms with Gasteiger partial charge >= 0.3 is 0 Å². The van der Waals surface area contributed by atoms with Gasteiger partial charge in [-0.05, 0) is 24.1 Å². The van der Waals surface area contributed by atoms with Crippen molar-refractivity contribution in [2.75, 3.05) is 6.54 Å². The second kappa shape index (κ2) is 7.20. The van der Waals surface area contributed by atoms with E-state index < -0.39 is 6.10 Å². The second-order valence-electron chi connectivity index (χ2n) is 4.63. The zero-order valence-corrected chi connectivity index (χ0v) is 12.5. The van der Waals surface area contributed by atoms with Crippen molar-refractivity contribution >= 4 is 17.5 Å². The van der Waals surface area contributed by atoms with Crippen molar-refractivity contribution in [1.29, 1.82) is 0 Å². The molecule has 0 fully saturated rings. The van der Waals surface area contributed by atoms with Crippen LogP contribution in [-0.4, -0.2) is 22.5 Å². The van der Waals surface area contributed by atoms with Gasteiger partial charge in [-0.25, -0.2) is 0 Å². The fourth-order valence-corrected chi connectivity index (χ4v) is 2.33. The smallest absolute Gasteiger partial charge is 0.251 e. The van der Waals surface area contributed by atoms with E-state index in [1.165, 1.54) is 0 Å². The third kappa shape index (κ3) is 3.80. The second-order valence-corrected chi connectivity index (χ2v) is 5.04. The van der Waals surface area contributed by atoms with Crippen LogP contribution in [0.5, 0.6) is 0 Å². The fourth-order valence-electron chi connectivity index (χ4n) is 2.07. The molecule has 0 aliphatic rings. The molecule has 0 spiro atoms. The molecule has 1 heterocycles. The summed E-state index contributed by atoms with van der Waals surface area (Å²) < 4.78 is 0. The van der Waals surface area contributed by atoms with Crippen molar-refractivity contribution < 1.29 is 9.90 Å². The monoisotopic (exact) mass is 304 g/mol. The summed E-state index contributed by atoms with van der Waals surface area (Å²) in [5.74, 6) is -0.222. The molecule has 21 heavy (non-hydrogen) atoms. The molecule has 1 aromatic carbocycles. The molecule has 0 radical (unpaired) electrons. The Morgan fingerprint density at radius 3 is 2.86 bits per heavy atom. The number of carbonyl (C=O) groups is 1.